The average molecular weight is 238 g/mol. The van der Waals surface area contributed by atoms with Crippen LogP contribution in [0.3, 0.4) is 0 Å². The van der Waals surface area contributed by atoms with Gasteiger partial charge >= 0.3 is 0 Å². The summed E-state index contributed by atoms with van der Waals surface area (Å²) in [4.78, 5) is 6.70. The Balaban J connectivity index is 2.03. The van der Waals surface area contributed by atoms with Crippen LogP contribution < -0.4 is 10.6 Å². The predicted octanol–water partition coefficient (Wildman–Crippen LogP) is 1.90. The topological polar surface area (TPSA) is 68.2 Å². The lowest BCUT2D eigenvalue weighted by atomic mass is 10.0. The molecule has 5 nitrogen and oxygen atoms in total. The summed E-state index contributed by atoms with van der Waals surface area (Å²) in [6.45, 7) is 4.81. The lowest BCUT2D eigenvalue weighted by molar-refractivity contribution is 0.346. The van der Waals surface area contributed by atoms with Crippen molar-refractivity contribution < 1.29 is 4.52 Å². The summed E-state index contributed by atoms with van der Waals surface area (Å²) in [5, 5.41) is 4.08. The molecule has 1 fully saturated rings. The Morgan fingerprint density at radius 1 is 1.35 bits per heavy atom. The van der Waals surface area contributed by atoms with E-state index in [0.29, 0.717) is 12.4 Å². The Morgan fingerprint density at radius 3 is 2.76 bits per heavy atom. The van der Waals surface area contributed by atoms with Gasteiger partial charge in [0.05, 0.1) is 5.92 Å². The fourth-order valence-electron chi connectivity index (χ4n) is 2.31. The molecule has 0 saturated carbocycles. The first-order valence-corrected chi connectivity index (χ1v) is 6.63. The van der Waals surface area contributed by atoms with Crippen LogP contribution in [0.15, 0.2) is 4.52 Å². The van der Waals surface area contributed by atoms with E-state index >= 15 is 0 Å². The van der Waals surface area contributed by atoms with E-state index in [9.17, 15) is 0 Å². The molecule has 1 aromatic rings. The Labute approximate surface area is 102 Å². The normalized spacial score (nSPS) is 18.4. The van der Waals surface area contributed by atoms with Gasteiger partial charge in [-0.15, -0.1) is 0 Å². The molecule has 0 radical (unpaired) electrons. The van der Waals surface area contributed by atoms with E-state index in [4.69, 9.17) is 10.3 Å². The van der Waals surface area contributed by atoms with Crippen molar-refractivity contribution in [3.8, 4) is 0 Å². The number of piperidine rings is 1. The molecule has 1 unspecified atom stereocenters. The van der Waals surface area contributed by atoms with Crippen LogP contribution in [0.4, 0.5) is 5.95 Å². The van der Waals surface area contributed by atoms with Crippen molar-refractivity contribution in [2.75, 3.05) is 24.5 Å². The monoisotopic (exact) mass is 238 g/mol. The maximum Gasteiger partial charge on any atom is 0.266 e. The van der Waals surface area contributed by atoms with Gasteiger partial charge in [-0.2, -0.15) is 4.98 Å². The summed E-state index contributed by atoms with van der Waals surface area (Å²) in [6, 6.07) is 0. The number of aromatic nitrogens is 2. The molecular weight excluding hydrogens is 216 g/mol. The highest BCUT2D eigenvalue weighted by Crippen LogP contribution is 2.22. The number of nitrogens with zero attached hydrogens (tertiary/aromatic N) is 3. The quantitative estimate of drug-likeness (QED) is 0.848. The number of nitrogens with two attached hydrogens (primary N) is 1. The summed E-state index contributed by atoms with van der Waals surface area (Å²) in [5.74, 6) is 1.66. The summed E-state index contributed by atoms with van der Waals surface area (Å²) in [7, 11) is 0. The Kier molecular flexibility index (Phi) is 4.36. The van der Waals surface area contributed by atoms with Gasteiger partial charge in [0.25, 0.3) is 5.95 Å². The molecule has 2 rings (SSSR count). The van der Waals surface area contributed by atoms with E-state index in [1.54, 1.807) is 0 Å². The number of hydrogen-bond acceptors (Lipinski definition) is 5. The largest absolute Gasteiger partial charge is 0.338 e. The predicted molar refractivity (Wildman–Crippen MR) is 67.1 cm³/mol. The first kappa shape index (κ1) is 12.4. The molecule has 1 atom stereocenters. The Morgan fingerprint density at radius 2 is 2.12 bits per heavy atom. The van der Waals surface area contributed by atoms with Crippen molar-refractivity contribution in [3.05, 3.63) is 5.89 Å². The SMILES string of the molecule is CCCC(CN)c1nc(N2CCCCC2)no1. The van der Waals surface area contributed by atoms with Crippen LogP contribution in [-0.4, -0.2) is 29.8 Å². The minimum Gasteiger partial charge on any atom is -0.338 e. The van der Waals surface area contributed by atoms with Gasteiger partial charge in [-0.05, 0) is 30.8 Å². The molecule has 1 aromatic heterocycles. The first-order valence-electron chi connectivity index (χ1n) is 6.63. The molecule has 0 aromatic carbocycles. The Bertz CT molecular complexity index is 314. The number of hydrogen-bond donors (Lipinski definition) is 1. The number of anilines is 1. The van der Waals surface area contributed by atoms with Crippen molar-refractivity contribution in [2.45, 2.75) is 44.9 Å². The molecule has 96 valence electrons. The minimum atomic E-state index is 0.214. The van der Waals surface area contributed by atoms with Gasteiger partial charge in [0.15, 0.2) is 0 Å². The summed E-state index contributed by atoms with van der Waals surface area (Å²) < 4.78 is 5.34. The second-order valence-corrected chi connectivity index (χ2v) is 4.70. The van der Waals surface area contributed by atoms with Gasteiger partial charge < -0.3 is 15.2 Å². The van der Waals surface area contributed by atoms with Gasteiger partial charge in [0, 0.05) is 19.6 Å². The highest BCUT2D eigenvalue weighted by atomic mass is 16.5. The van der Waals surface area contributed by atoms with Gasteiger partial charge in [0.2, 0.25) is 5.89 Å². The van der Waals surface area contributed by atoms with Crippen molar-refractivity contribution in [3.63, 3.8) is 0 Å². The summed E-state index contributed by atoms with van der Waals surface area (Å²) in [5.41, 5.74) is 5.74. The van der Waals surface area contributed by atoms with Gasteiger partial charge in [-0.1, -0.05) is 13.3 Å². The molecule has 1 aliphatic rings. The zero-order chi connectivity index (χ0) is 12.1. The van der Waals surface area contributed by atoms with Crippen molar-refractivity contribution in [1.82, 2.24) is 10.1 Å². The molecule has 5 heteroatoms. The summed E-state index contributed by atoms with van der Waals surface area (Å²) >= 11 is 0. The molecular formula is C12H22N4O. The molecule has 0 spiro atoms. The van der Waals surface area contributed by atoms with E-state index in [-0.39, 0.29) is 5.92 Å². The fraction of sp³-hybridized carbons (Fsp3) is 0.833. The molecule has 17 heavy (non-hydrogen) atoms. The second kappa shape index (κ2) is 6.00. The third-order valence-corrected chi connectivity index (χ3v) is 3.34. The zero-order valence-corrected chi connectivity index (χ0v) is 10.6. The minimum absolute atomic E-state index is 0.214. The number of rotatable bonds is 5. The van der Waals surface area contributed by atoms with Gasteiger partial charge in [-0.3, -0.25) is 0 Å². The lowest BCUT2D eigenvalue weighted by Crippen LogP contribution is -2.30. The van der Waals surface area contributed by atoms with E-state index in [1.165, 1.54) is 19.3 Å². The molecule has 2 N–H and O–H groups in total. The van der Waals surface area contributed by atoms with Crippen LogP contribution in [-0.2, 0) is 0 Å². The smallest absolute Gasteiger partial charge is 0.266 e. The highest BCUT2D eigenvalue weighted by molar-refractivity contribution is 5.28. The first-order chi connectivity index (χ1) is 8.35. The van der Waals surface area contributed by atoms with Crippen molar-refractivity contribution >= 4 is 5.95 Å². The highest BCUT2D eigenvalue weighted by Gasteiger charge is 2.20. The maximum atomic E-state index is 5.74. The second-order valence-electron chi connectivity index (χ2n) is 4.70. The van der Waals surface area contributed by atoms with Gasteiger partial charge in [0.1, 0.15) is 0 Å². The third kappa shape index (κ3) is 2.97. The van der Waals surface area contributed by atoms with Crippen LogP contribution in [0.1, 0.15) is 50.8 Å². The molecule has 1 saturated heterocycles. The van der Waals surface area contributed by atoms with Crippen molar-refractivity contribution in [2.24, 2.45) is 5.73 Å². The van der Waals surface area contributed by atoms with Crippen LogP contribution >= 0.6 is 0 Å². The van der Waals surface area contributed by atoms with Crippen LogP contribution in [0.5, 0.6) is 0 Å². The maximum absolute atomic E-state index is 5.74. The molecule has 1 aliphatic heterocycles. The molecule has 0 bridgehead atoms. The van der Waals surface area contributed by atoms with Gasteiger partial charge in [-0.25, -0.2) is 0 Å². The average Bonchev–Trinajstić information content (AvgIpc) is 2.86. The Hall–Kier alpha value is -1.10. The zero-order valence-electron chi connectivity index (χ0n) is 10.6. The van der Waals surface area contributed by atoms with Crippen LogP contribution in [0.2, 0.25) is 0 Å². The van der Waals surface area contributed by atoms with E-state index in [1.807, 2.05) is 0 Å². The fourth-order valence-corrected chi connectivity index (χ4v) is 2.31. The van der Waals surface area contributed by atoms with E-state index in [2.05, 4.69) is 22.0 Å². The standard InChI is InChI=1S/C12H22N4O/c1-2-6-10(9-13)11-14-12(15-17-11)16-7-4-3-5-8-16/h10H,2-9,13H2,1H3. The summed E-state index contributed by atoms with van der Waals surface area (Å²) in [6.07, 6.45) is 5.85. The van der Waals surface area contributed by atoms with Crippen molar-refractivity contribution in [1.29, 1.82) is 0 Å². The van der Waals surface area contributed by atoms with E-state index in [0.717, 1.165) is 31.9 Å². The van der Waals surface area contributed by atoms with Crippen LogP contribution in [0, 0.1) is 0 Å². The molecule has 2 heterocycles. The van der Waals surface area contributed by atoms with Crippen LogP contribution in [0.25, 0.3) is 0 Å². The van der Waals surface area contributed by atoms with E-state index < -0.39 is 0 Å². The molecule has 0 aliphatic carbocycles. The molecule has 0 amide bonds. The third-order valence-electron chi connectivity index (χ3n) is 3.34. The lowest BCUT2D eigenvalue weighted by Gasteiger charge is -2.24.